The lowest BCUT2D eigenvalue weighted by atomic mass is 10.2. The van der Waals surface area contributed by atoms with Crippen LogP contribution < -0.4 is 10.2 Å². The molecule has 5 nitrogen and oxygen atoms in total. The van der Waals surface area contributed by atoms with Crippen LogP contribution >= 0.6 is 11.3 Å². The highest BCUT2D eigenvalue weighted by Crippen LogP contribution is 2.29. The van der Waals surface area contributed by atoms with E-state index in [2.05, 4.69) is 50.6 Å². The minimum absolute atomic E-state index is 0.627. The molecule has 1 aliphatic heterocycles. The average molecular weight is 291 g/mol. The number of aromatic nitrogens is 2. The Hall–Kier alpha value is -1.40. The molecule has 0 aromatic carbocycles. The van der Waals surface area contributed by atoms with Crippen LogP contribution in [0.1, 0.15) is 12.8 Å². The Morgan fingerprint density at radius 2 is 2.35 bits per heavy atom. The highest BCUT2D eigenvalue weighted by Gasteiger charge is 2.23. The molecule has 1 atom stereocenters. The van der Waals surface area contributed by atoms with E-state index in [0.29, 0.717) is 12.0 Å². The Labute approximate surface area is 123 Å². The Kier molecular flexibility index (Phi) is 3.76. The van der Waals surface area contributed by atoms with Gasteiger partial charge in [0.05, 0.1) is 5.39 Å². The fourth-order valence-electron chi connectivity index (χ4n) is 2.86. The highest BCUT2D eigenvalue weighted by atomic mass is 32.1. The van der Waals surface area contributed by atoms with Gasteiger partial charge in [0.15, 0.2) is 0 Å². The Morgan fingerprint density at radius 1 is 1.50 bits per heavy atom. The third kappa shape index (κ3) is 2.45. The number of fused-ring (bicyclic) bond motifs is 1. The van der Waals surface area contributed by atoms with Crippen molar-refractivity contribution in [2.45, 2.75) is 18.9 Å². The van der Waals surface area contributed by atoms with Crippen molar-refractivity contribution in [3.8, 4) is 0 Å². The summed E-state index contributed by atoms with van der Waals surface area (Å²) in [6.07, 6.45) is 2.58. The molecule has 0 saturated carbocycles. The second-order valence-electron chi connectivity index (χ2n) is 5.42. The van der Waals surface area contributed by atoms with Gasteiger partial charge in [-0.25, -0.2) is 4.98 Å². The highest BCUT2D eigenvalue weighted by molar-refractivity contribution is 7.16. The van der Waals surface area contributed by atoms with Crippen LogP contribution in [0.3, 0.4) is 0 Å². The van der Waals surface area contributed by atoms with Gasteiger partial charge in [0.2, 0.25) is 5.95 Å². The van der Waals surface area contributed by atoms with Gasteiger partial charge in [-0.1, -0.05) is 0 Å². The zero-order valence-electron chi connectivity index (χ0n) is 12.3. The smallest absolute Gasteiger partial charge is 0.225 e. The molecule has 2 aromatic rings. The lowest BCUT2D eigenvalue weighted by Gasteiger charge is -2.27. The molecule has 6 heteroatoms. The van der Waals surface area contributed by atoms with Crippen molar-refractivity contribution in [3.05, 3.63) is 11.4 Å². The maximum atomic E-state index is 4.65. The first-order chi connectivity index (χ1) is 9.69. The summed E-state index contributed by atoms with van der Waals surface area (Å²) in [4.78, 5) is 14.9. The van der Waals surface area contributed by atoms with Gasteiger partial charge in [0, 0.05) is 26.7 Å². The van der Waals surface area contributed by atoms with Crippen molar-refractivity contribution in [1.29, 1.82) is 0 Å². The third-order valence-electron chi connectivity index (χ3n) is 4.05. The van der Waals surface area contributed by atoms with E-state index in [-0.39, 0.29) is 0 Å². The van der Waals surface area contributed by atoms with Crippen molar-refractivity contribution < 1.29 is 0 Å². The summed E-state index contributed by atoms with van der Waals surface area (Å²) in [5, 5.41) is 6.29. The van der Waals surface area contributed by atoms with E-state index in [1.54, 1.807) is 11.3 Å². The SMILES string of the molecule is CNc1nc(N(C)CC2CCCN2C)c2ccsc2n1. The number of nitrogens with zero attached hydrogens (tertiary/aromatic N) is 4. The molecule has 1 saturated heterocycles. The molecule has 0 bridgehead atoms. The molecule has 0 radical (unpaired) electrons. The molecular formula is C14H21N5S. The van der Waals surface area contributed by atoms with E-state index in [4.69, 9.17) is 0 Å². The molecule has 3 heterocycles. The number of rotatable bonds is 4. The third-order valence-corrected chi connectivity index (χ3v) is 4.85. The van der Waals surface area contributed by atoms with Crippen LogP contribution in [0.2, 0.25) is 0 Å². The minimum atomic E-state index is 0.627. The Balaban J connectivity index is 1.89. The van der Waals surface area contributed by atoms with E-state index in [0.717, 1.165) is 22.6 Å². The van der Waals surface area contributed by atoms with Crippen LogP contribution in [0.15, 0.2) is 11.4 Å². The van der Waals surface area contributed by atoms with E-state index in [9.17, 15) is 0 Å². The average Bonchev–Trinajstić information content (AvgIpc) is 3.06. The molecule has 1 unspecified atom stereocenters. The number of thiophene rings is 1. The standard InChI is InChI=1S/C14H21N5S/c1-15-14-16-12(11-6-8-20-13(11)17-14)19(3)9-10-5-4-7-18(10)2/h6,8,10H,4-5,7,9H2,1-3H3,(H,15,16,17). The van der Waals surface area contributed by atoms with Gasteiger partial charge in [-0.05, 0) is 37.9 Å². The molecule has 1 aliphatic rings. The monoisotopic (exact) mass is 291 g/mol. The molecule has 3 rings (SSSR count). The van der Waals surface area contributed by atoms with Crippen molar-refractivity contribution in [3.63, 3.8) is 0 Å². The zero-order chi connectivity index (χ0) is 14.1. The second kappa shape index (κ2) is 5.54. The lowest BCUT2D eigenvalue weighted by Crippen LogP contribution is -2.37. The van der Waals surface area contributed by atoms with E-state index in [1.807, 2.05) is 7.05 Å². The first-order valence-corrected chi connectivity index (χ1v) is 7.91. The molecule has 0 spiro atoms. The summed E-state index contributed by atoms with van der Waals surface area (Å²) < 4.78 is 0. The van der Waals surface area contributed by atoms with Gasteiger partial charge < -0.3 is 15.1 Å². The molecule has 20 heavy (non-hydrogen) atoms. The second-order valence-corrected chi connectivity index (χ2v) is 6.31. The number of likely N-dealkylation sites (N-methyl/N-ethyl adjacent to an activating group) is 2. The fourth-order valence-corrected chi connectivity index (χ4v) is 3.61. The number of anilines is 2. The van der Waals surface area contributed by atoms with Crippen LogP contribution in [0.4, 0.5) is 11.8 Å². The summed E-state index contributed by atoms with van der Waals surface area (Å²) in [5.74, 6) is 1.72. The van der Waals surface area contributed by atoms with Gasteiger partial charge in [-0.15, -0.1) is 11.3 Å². The summed E-state index contributed by atoms with van der Waals surface area (Å²) in [7, 11) is 6.21. The normalized spacial score (nSPS) is 19.6. The number of likely N-dealkylation sites (tertiary alicyclic amines) is 1. The molecule has 1 fully saturated rings. The van der Waals surface area contributed by atoms with Crippen LogP contribution in [0, 0.1) is 0 Å². The zero-order valence-corrected chi connectivity index (χ0v) is 13.1. The topological polar surface area (TPSA) is 44.3 Å². The Morgan fingerprint density at radius 3 is 3.05 bits per heavy atom. The summed E-state index contributed by atoms with van der Waals surface area (Å²) in [5.41, 5.74) is 0. The largest absolute Gasteiger partial charge is 0.357 e. The van der Waals surface area contributed by atoms with Crippen LogP contribution in [0.5, 0.6) is 0 Å². The predicted octanol–water partition coefficient (Wildman–Crippen LogP) is 2.26. The Bertz CT molecular complexity index is 596. The van der Waals surface area contributed by atoms with E-state index in [1.165, 1.54) is 19.4 Å². The van der Waals surface area contributed by atoms with Crippen LogP contribution in [-0.4, -0.2) is 55.1 Å². The minimum Gasteiger partial charge on any atom is -0.357 e. The van der Waals surface area contributed by atoms with Gasteiger partial charge in [0.25, 0.3) is 0 Å². The lowest BCUT2D eigenvalue weighted by molar-refractivity contribution is 0.314. The molecule has 1 N–H and O–H groups in total. The van der Waals surface area contributed by atoms with Crippen LogP contribution in [0.25, 0.3) is 10.2 Å². The fraction of sp³-hybridized carbons (Fsp3) is 0.571. The summed E-state index contributed by atoms with van der Waals surface area (Å²) in [6.45, 7) is 2.22. The van der Waals surface area contributed by atoms with Crippen molar-refractivity contribution >= 4 is 33.3 Å². The molecule has 0 amide bonds. The first-order valence-electron chi connectivity index (χ1n) is 7.03. The maximum absolute atomic E-state index is 4.65. The molecular weight excluding hydrogens is 270 g/mol. The molecule has 108 valence electrons. The predicted molar refractivity (Wildman–Crippen MR) is 85.9 cm³/mol. The maximum Gasteiger partial charge on any atom is 0.225 e. The van der Waals surface area contributed by atoms with Gasteiger partial charge >= 0.3 is 0 Å². The van der Waals surface area contributed by atoms with Crippen molar-refractivity contribution in [2.24, 2.45) is 0 Å². The number of hydrogen-bond acceptors (Lipinski definition) is 6. The van der Waals surface area contributed by atoms with E-state index >= 15 is 0 Å². The summed E-state index contributed by atoms with van der Waals surface area (Å²) >= 11 is 1.66. The van der Waals surface area contributed by atoms with Gasteiger partial charge in [-0.2, -0.15) is 4.98 Å². The first kappa shape index (κ1) is 13.6. The van der Waals surface area contributed by atoms with Crippen molar-refractivity contribution in [2.75, 3.05) is 44.4 Å². The quantitative estimate of drug-likeness (QED) is 0.936. The van der Waals surface area contributed by atoms with E-state index < -0.39 is 0 Å². The number of nitrogens with one attached hydrogen (secondary N) is 1. The number of hydrogen-bond donors (Lipinski definition) is 1. The van der Waals surface area contributed by atoms with Gasteiger partial charge in [0.1, 0.15) is 10.6 Å². The molecule has 0 aliphatic carbocycles. The summed E-state index contributed by atoms with van der Waals surface area (Å²) in [6, 6.07) is 2.74. The van der Waals surface area contributed by atoms with Crippen LogP contribution in [-0.2, 0) is 0 Å². The molecule has 2 aromatic heterocycles. The van der Waals surface area contributed by atoms with Gasteiger partial charge in [-0.3, -0.25) is 0 Å². The van der Waals surface area contributed by atoms with Crippen molar-refractivity contribution in [1.82, 2.24) is 14.9 Å².